The van der Waals surface area contributed by atoms with Gasteiger partial charge in [-0.3, -0.25) is 0 Å². The van der Waals surface area contributed by atoms with E-state index in [1.165, 1.54) is 5.56 Å². The van der Waals surface area contributed by atoms with Gasteiger partial charge in [0, 0.05) is 18.1 Å². The van der Waals surface area contributed by atoms with Crippen LogP contribution in [0.3, 0.4) is 0 Å². The molecule has 1 aromatic carbocycles. The summed E-state index contributed by atoms with van der Waals surface area (Å²) < 4.78 is 7.71. The minimum Gasteiger partial charge on any atom is -0.467 e. The van der Waals surface area contributed by atoms with Crippen molar-refractivity contribution in [2.45, 2.75) is 12.6 Å². The van der Waals surface area contributed by atoms with Gasteiger partial charge in [-0.2, -0.15) is 0 Å². The van der Waals surface area contributed by atoms with Crippen molar-refractivity contribution in [2.24, 2.45) is 0 Å². The molecule has 3 heterocycles. The molecule has 94 valence electrons. The van der Waals surface area contributed by atoms with E-state index in [0.717, 1.165) is 23.8 Å². The van der Waals surface area contributed by atoms with Gasteiger partial charge >= 0.3 is 0 Å². The predicted octanol–water partition coefficient (Wildman–Crippen LogP) is 3.04. The fourth-order valence-electron chi connectivity index (χ4n) is 2.57. The second-order valence-corrected chi connectivity index (χ2v) is 4.66. The number of hydrogen-bond donors (Lipinski definition) is 1. The molecule has 4 heteroatoms. The van der Waals surface area contributed by atoms with Gasteiger partial charge in [0.1, 0.15) is 17.6 Å². The maximum absolute atomic E-state index is 5.55. The lowest BCUT2D eigenvalue weighted by Gasteiger charge is -2.15. The predicted molar refractivity (Wildman–Crippen MR) is 71.9 cm³/mol. The molecule has 4 rings (SSSR count). The van der Waals surface area contributed by atoms with Gasteiger partial charge in [0.05, 0.1) is 12.8 Å². The molecule has 2 aromatic heterocycles. The largest absolute Gasteiger partial charge is 0.467 e. The third-order valence-corrected chi connectivity index (χ3v) is 3.49. The number of furan rings is 1. The van der Waals surface area contributed by atoms with E-state index in [-0.39, 0.29) is 6.04 Å². The molecule has 1 aliphatic heterocycles. The van der Waals surface area contributed by atoms with Crippen molar-refractivity contribution in [3.8, 4) is 0 Å². The van der Waals surface area contributed by atoms with E-state index >= 15 is 0 Å². The lowest BCUT2D eigenvalue weighted by molar-refractivity contribution is 0.489. The van der Waals surface area contributed by atoms with E-state index in [1.54, 1.807) is 6.26 Å². The van der Waals surface area contributed by atoms with Crippen molar-refractivity contribution in [3.63, 3.8) is 0 Å². The van der Waals surface area contributed by atoms with Crippen LogP contribution >= 0.6 is 0 Å². The minimum absolute atomic E-state index is 0.0475. The highest BCUT2D eigenvalue weighted by Crippen LogP contribution is 2.31. The molecular formula is C15H13N3O. The number of imidazole rings is 1. The average molecular weight is 251 g/mol. The monoisotopic (exact) mass is 251 g/mol. The molecule has 0 aliphatic carbocycles. The number of nitrogens with one attached hydrogen (secondary N) is 1. The number of aromatic nitrogens is 2. The van der Waals surface area contributed by atoms with Crippen molar-refractivity contribution in [1.82, 2.24) is 9.55 Å². The number of fused-ring (bicyclic) bond motifs is 2. The van der Waals surface area contributed by atoms with Gasteiger partial charge in [0.15, 0.2) is 0 Å². The standard InChI is InChI=1S/C15H13N3O/c1-2-5-12-11(4-1)10-18-8-7-16-15(18)14(17-12)13-6-3-9-19-13/h1-9,14,17H,10H2. The van der Waals surface area contributed by atoms with E-state index in [0.29, 0.717) is 0 Å². The SMILES string of the molecule is c1coc(C2Nc3ccccc3Cn3ccnc32)c1. The third kappa shape index (κ3) is 1.64. The number of rotatable bonds is 1. The fraction of sp³-hybridized carbons (Fsp3) is 0.133. The molecule has 1 unspecified atom stereocenters. The Morgan fingerprint density at radius 2 is 2.16 bits per heavy atom. The Morgan fingerprint density at radius 3 is 3.05 bits per heavy atom. The fourth-order valence-corrected chi connectivity index (χ4v) is 2.57. The number of hydrogen-bond acceptors (Lipinski definition) is 3. The van der Waals surface area contributed by atoms with Crippen LogP contribution in [0.4, 0.5) is 5.69 Å². The first-order valence-electron chi connectivity index (χ1n) is 6.31. The van der Waals surface area contributed by atoms with E-state index in [2.05, 4.69) is 33.1 Å². The smallest absolute Gasteiger partial charge is 0.143 e. The number of nitrogens with zero attached hydrogens (tertiary/aromatic N) is 2. The van der Waals surface area contributed by atoms with Crippen LogP contribution in [-0.2, 0) is 6.54 Å². The highest BCUT2D eigenvalue weighted by Gasteiger charge is 2.25. The summed E-state index contributed by atoms with van der Waals surface area (Å²) in [6.07, 6.45) is 5.54. The van der Waals surface area contributed by atoms with Crippen LogP contribution in [0.25, 0.3) is 0 Å². The molecule has 0 amide bonds. The molecule has 19 heavy (non-hydrogen) atoms. The zero-order valence-corrected chi connectivity index (χ0v) is 10.3. The van der Waals surface area contributed by atoms with Gasteiger partial charge in [-0.25, -0.2) is 4.98 Å². The molecule has 0 spiro atoms. The summed E-state index contributed by atoms with van der Waals surface area (Å²) in [6, 6.07) is 12.2. The zero-order valence-electron chi connectivity index (χ0n) is 10.3. The van der Waals surface area contributed by atoms with Crippen LogP contribution in [0.5, 0.6) is 0 Å². The summed E-state index contributed by atoms with van der Waals surface area (Å²) in [5, 5.41) is 3.53. The molecule has 1 atom stereocenters. The lowest BCUT2D eigenvalue weighted by atomic mass is 10.1. The molecule has 0 saturated carbocycles. The molecule has 0 radical (unpaired) electrons. The van der Waals surface area contributed by atoms with Gasteiger partial charge < -0.3 is 14.3 Å². The van der Waals surface area contributed by atoms with Crippen molar-refractivity contribution in [3.05, 3.63) is 72.2 Å². The van der Waals surface area contributed by atoms with Crippen LogP contribution in [0.1, 0.15) is 23.2 Å². The second kappa shape index (κ2) is 4.02. The Morgan fingerprint density at radius 1 is 1.21 bits per heavy atom. The highest BCUT2D eigenvalue weighted by molar-refractivity contribution is 5.54. The first kappa shape index (κ1) is 10.4. The van der Waals surface area contributed by atoms with Crippen LogP contribution < -0.4 is 5.32 Å². The topological polar surface area (TPSA) is 43.0 Å². The first-order chi connectivity index (χ1) is 9.42. The van der Waals surface area contributed by atoms with E-state index in [9.17, 15) is 0 Å². The molecule has 1 aliphatic rings. The van der Waals surface area contributed by atoms with Crippen LogP contribution in [0, 0.1) is 0 Å². The number of anilines is 1. The van der Waals surface area contributed by atoms with Gasteiger partial charge in [0.2, 0.25) is 0 Å². The van der Waals surface area contributed by atoms with Crippen LogP contribution in [0.2, 0.25) is 0 Å². The maximum atomic E-state index is 5.55. The second-order valence-electron chi connectivity index (χ2n) is 4.66. The number of para-hydroxylation sites is 1. The zero-order chi connectivity index (χ0) is 12.7. The summed E-state index contributed by atoms with van der Waals surface area (Å²) in [6.45, 7) is 0.829. The maximum Gasteiger partial charge on any atom is 0.143 e. The van der Waals surface area contributed by atoms with Crippen LogP contribution in [0.15, 0.2) is 59.5 Å². The Kier molecular flexibility index (Phi) is 2.21. The molecule has 1 N–H and O–H groups in total. The molecule has 0 bridgehead atoms. The average Bonchev–Trinajstić information content (AvgIpc) is 3.08. The van der Waals surface area contributed by atoms with E-state index in [1.807, 2.05) is 30.6 Å². The molecular weight excluding hydrogens is 238 g/mol. The summed E-state index contributed by atoms with van der Waals surface area (Å²) in [5.41, 5.74) is 2.39. The van der Waals surface area contributed by atoms with E-state index < -0.39 is 0 Å². The molecule has 0 saturated heterocycles. The van der Waals surface area contributed by atoms with E-state index in [4.69, 9.17) is 4.42 Å². The van der Waals surface area contributed by atoms with Crippen LogP contribution in [-0.4, -0.2) is 9.55 Å². The minimum atomic E-state index is -0.0475. The Bertz CT molecular complexity index is 700. The van der Waals surface area contributed by atoms with Gasteiger partial charge in [0.25, 0.3) is 0 Å². The summed E-state index contributed by atoms with van der Waals surface area (Å²) >= 11 is 0. The third-order valence-electron chi connectivity index (χ3n) is 3.49. The van der Waals surface area contributed by atoms with Crippen molar-refractivity contribution in [2.75, 3.05) is 5.32 Å². The van der Waals surface area contributed by atoms with Crippen molar-refractivity contribution in [1.29, 1.82) is 0 Å². The molecule has 3 aromatic rings. The highest BCUT2D eigenvalue weighted by atomic mass is 16.3. The summed E-state index contributed by atoms with van der Waals surface area (Å²) in [5.74, 6) is 1.86. The van der Waals surface area contributed by atoms with Gasteiger partial charge in [-0.15, -0.1) is 0 Å². The Labute approximate surface area is 110 Å². The molecule has 4 nitrogen and oxygen atoms in total. The van der Waals surface area contributed by atoms with Gasteiger partial charge in [-0.1, -0.05) is 18.2 Å². The Balaban J connectivity index is 1.89. The number of benzene rings is 1. The van der Waals surface area contributed by atoms with Gasteiger partial charge in [-0.05, 0) is 23.8 Å². The first-order valence-corrected chi connectivity index (χ1v) is 6.31. The normalized spacial score (nSPS) is 17.2. The Hall–Kier alpha value is -2.49. The summed E-state index contributed by atoms with van der Waals surface area (Å²) in [4.78, 5) is 4.48. The summed E-state index contributed by atoms with van der Waals surface area (Å²) in [7, 11) is 0. The van der Waals surface area contributed by atoms with Crippen molar-refractivity contribution < 1.29 is 4.42 Å². The lowest BCUT2D eigenvalue weighted by Crippen LogP contribution is -2.14. The molecule has 0 fully saturated rings. The van der Waals surface area contributed by atoms with Crippen molar-refractivity contribution >= 4 is 5.69 Å². The quantitative estimate of drug-likeness (QED) is 0.723.